The molecule has 0 saturated heterocycles. The highest BCUT2D eigenvalue weighted by atomic mass is 16.7. The van der Waals surface area contributed by atoms with Crippen LogP contribution in [0.15, 0.2) is 54.3 Å². The SMILES string of the molecule is C=C(C)C(=O)OCCOC(=O)OC1=CCC(O)C(n2nc3ccccc3n2)=C1. The van der Waals surface area contributed by atoms with Gasteiger partial charge in [0.05, 0.1) is 5.70 Å². The summed E-state index contributed by atoms with van der Waals surface area (Å²) in [4.78, 5) is 24.3. The predicted molar refractivity (Wildman–Crippen MR) is 98.7 cm³/mol. The molecule has 3 rings (SSSR count). The quantitative estimate of drug-likeness (QED) is 0.457. The lowest BCUT2D eigenvalue weighted by Gasteiger charge is -2.18. The van der Waals surface area contributed by atoms with Gasteiger partial charge in [-0.15, -0.1) is 10.2 Å². The summed E-state index contributed by atoms with van der Waals surface area (Å²) in [5, 5.41) is 18.9. The van der Waals surface area contributed by atoms with Gasteiger partial charge in [-0.1, -0.05) is 18.7 Å². The standard InChI is InChI=1S/C19H19N3O6/c1-12(2)18(24)26-9-10-27-19(25)28-13-7-8-17(23)16(11-13)22-20-14-5-3-4-6-15(14)21-22/h3-7,11,17,23H,1,8-10H2,2H3. The number of rotatable bonds is 6. The van der Waals surface area contributed by atoms with E-state index in [-0.39, 0.29) is 31.0 Å². The van der Waals surface area contributed by atoms with Crippen molar-refractivity contribution in [3.8, 4) is 0 Å². The average Bonchev–Trinajstić information content (AvgIpc) is 3.10. The predicted octanol–water partition coefficient (Wildman–Crippen LogP) is 2.19. The molecule has 0 amide bonds. The first-order valence-corrected chi connectivity index (χ1v) is 8.53. The van der Waals surface area contributed by atoms with E-state index in [1.54, 1.807) is 18.2 Å². The zero-order valence-corrected chi connectivity index (χ0v) is 15.2. The lowest BCUT2D eigenvalue weighted by molar-refractivity contribution is -0.140. The highest BCUT2D eigenvalue weighted by molar-refractivity contribution is 5.86. The van der Waals surface area contributed by atoms with Crippen LogP contribution < -0.4 is 0 Å². The zero-order valence-electron chi connectivity index (χ0n) is 15.2. The van der Waals surface area contributed by atoms with Crippen molar-refractivity contribution in [3.05, 3.63) is 54.3 Å². The van der Waals surface area contributed by atoms with Crippen molar-refractivity contribution in [3.63, 3.8) is 0 Å². The monoisotopic (exact) mass is 385 g/mol. The van der Waals surface area contributed by atoms with Gasteiger partial charge in [0.15, 0.2) is 0 Å². The van der Waals surface area contributed by atoms with Crippen LogP contribution in [0.25, 0.3) is 16.7 Å². The summed E-state index contributed by atoms with van der Waals surface area (Å²) in [6, 6.07) is 7.29. The average molecular weight is 385 g/mol. The Morgan fingerprint density at radius 3 is 2.50 bits per heavy atom. The molecule has 1 unspecified atom stereocenters. The van der Waals surface area contributed by atoms with Crippen LogP contribution >= 0.6 is 0 Å². The molecule has 1 aliphatic rings. The Kier molecular flexibility index (Phi) is 5.85. The van der Waals surface area contributed by atoms with E-state index in [2.05, 4.69) is 16.8 Å². The summed E-state index contributed by atoms with van der Waals surface area (Å²) in [5.41, 5.74) is 1.98. The van der Waals surface area contributed by atoms with Crippen LogP contribution in [0.2, 0.25) is 0 Å². The number of hydrogen-bond acceptors (Lipinski definition) is 8. The van der Waals surface area contributed by atoms with Gasteiger partial charge in [-0.25, -0.2) is 9.59 Å². The molecule has 0 spiro atoms. The molecule has 0 aliphatic heterocycles. The van der Waals surface area contributed by atoms with Gasteiger partial charge in [-0.05, 0) is 25.1 Å². The number of allylic oxidation sites excluding steroid dienone is 1. The third kappa shape index (κ3) is 4.63. The fraction of sp³-hybridized carbons (Fsp3) is 0.263. The normalized spacial score (nSPS) is 16.1. The Morgan fingerprint density at radius 2 is 1.86 bits per heavy atom. The van der Waals surface area contributed by atoms with Gasteiger partial charge in [0.2, 0.25) is 0 Å². The number of esters is 1. The second-order valence-electron chi connectivity index (χ2n) is 6.02. The van der Waals surface area contributed by atoms with Crippen molar-refractivity contribution in [2.75, 3.05) is 13.2 Å². The Hall–Kier alpha value is -3.46. The molecule has 9 nitrogen and oxygen atoms in total. The molecule has 146 valence electrons. The fourth-order valence-corrected chi connectivity index (χ4v) is 2.40. The minimum atomic E-state index is -0.955. The number of aliphatic hydroxyl groups is 1. The Bertz CT molecular complexity index is 942. The molecule has 1 aromatic carbocycles. The third-order valence-corrected chi connectivity index (χ3v) is 3.78. The van der Waals surface area contributed by atoms with Gasteiger partial charge in [0.1, 0.15) is 36.1 Å². The highest BCUT2D eigenvalue weighted by Gasteiger charge is 2.22. The van der Waals surface area contributed by atoms with Gasteiger partial charge in [-0.2, -0.15) is 4.80 Å². The summed E-state index contributed by atoms with van der Waals surface area (Å²) in [7, 11) is 0. The van der Waals surface area contributed by atoms with E-state index in [0.29, 0.717) is 16.7 Å². The Morgan fingerprint density at radius 1 is 1.21 bits per heavy atom. The fourth-order valence-electron chi connectivity index (χ4n) is 2.40. The molecule has 1 atom stereocenters. The maximum Gasteiger partial charge on any atom is 0.513 e. The van der Waals surface area contributed by atoms with E-state index >= 15 is 0 Å². The third-order valence-electron chi connectivity index (χ3n) is 3.78. The lowest BCUT2D eigenvalue weighted by atomic mass is 10.1. The molecular formula is C19H19N3O6. The van der Waals surface area contributed by atoms with E-state index in [1.165, 1.54) is 17.8 Å². The van der Waals surface area contributed by atoms with Gasteiger partial charge >= 0.3 is 12.1 Å². The van der Waals surface area contributed by atoms with Crippen LogP contribution in [-0.2, 0) is 19.0 Å². The second-order valence-corrected chi connectivity index (χ2v) is 6.02. The van der Waals surface area contributed by atoms with Crippen LogP contribution in [0, 0.1) is 0 Å². The van der Waals surface area contributed by atoms with Crippen molar-refractivity contribution < 1.29 is 28.9 Å². The topological polar surface area (TPSA) is 113 Å². The van der Waals surface area contributed by atoms with Crippen molar-refractivity contribution in [1.82, 2.24) is 15.0 Å². The number of carbonyl (C=O) groups excluding carboxylic acids is 2. The number of benzene rings is 1. The van der Waals surface area contributed by atoms with E-state index in [9.17, 15) is 14.7 Å². The molecule has 9 heteroatoms. The van der Waals surface area contributed by atoms with Crippen LogP contribution in [0.3, 0.4) is 0 Å². The highest BCUT2D eigenvalue weighted by Crippen LogP contribution is 2.23. The maximum absolute atomic E-state index is 11.8. The minimum Gasteiger partial charge on any atom is -0.459 e. The molecule has 1 N–H and O–H groups in total. The molecule has 0 saturated carbocycles. The maximum atomic E-state index is 11.8. The largest absolute Gasteiger partial charge is 0.513 e. The summed E-state index contributed by atoms with van der Waals surface area (Å²) < 4.78 is 14.8. The smallest absolute Gasteiger partial charge is 0.459 e. The van der Waals surface area contributed by atoms with Crippen LogP contribution in [0.5, 0.6) is 0 Å². The molecule has 1 aliphatic carbocycles. The number of aliphatic hydroxyl groups excluding tert-OH is 1. The first-order chi connectivity index (χ1) is 13.4. The van der Waals surface area contributed by atoms with E-state index < -0.39 is 18.2 Å². The van der Waals surface area contributed by atoms with Crippen LogP contribution in [-0.4, -0.2) is 51.5 Å². The summed E-state index contributed by atoms with van der Waals surface area (Å²) >= 11 is 0. The van der Waals surface area contributed by atoms with Gasteiger partial charge in [-0.3, -0.25) is 0 Å². The molecule has 2 aromatic rings. The Balaban J connectivity index is 1.59. The van der Waals surface area contributed by atoms with Gasteiger partial charge < -0.3 is 19.3 Å². The molecule has 1 aromatic heterocycles. The zero-order chi connectivity index (χ0) is 20.1. The lowest BCUT2D eigenvalue weighted by Crippen LogP contribution is -2.20. The number of ether oxygens (including phenoxy) is 3. The molecule has 0 fully saturated rings. The molecular weight excluding hydrogens is 366 g/mol. The summed E-state index contributed by atoms with van der Waals surface area (Å²) in [6.45, 7) is 4.70. The first-order valence-electron chi connectivity index (χ1n) is 8.53. The molecule has 28 heavy (non-hydrogen) atoms. The van der Waals surface area contributed by atoms with Crippen LogP contribution in [0.4, 0.5) is 4.79 Å². The van der Waals surface area contributed by atoms with Crippen molar-refractivity contribution >= 4 is 28.9 Å². The number of nitrogens with zero attached hydrogens (tertiary/aromatic N) is 3. The van der Waals surface area contributed by atoms with Crippen LogP contribution in [0.1, 0.15) is 13.3 Å². The van der Waals surface area contributed by atoms with E-state index in [4.69, 9.17) is 14.2 Å². The summed E-state index contributed by atoms with van der Waals surface area (Å²) in [5.74, 6) is -0.363. The molecule has 0 radical (unpaired) electrons. The van der Waals surface area contributed by atoms with Crippen molar-refractivity contribution in [2.24, 2.45) is 0 Å². The van der Waals surface area contributed by atoms with E-state index in [0.717, 1.165) is 0 Å². The summed E-state index contributed by atoms with van der Waals surface area (Å²) in [6.07, 6.45) is 1.45. The number of aromatic nitrogens is 3. The Labute approximate surface area is 160 Å². The first kappa shape index (κ1) is 19.3. The van der Waals surface area contributed by atoms with Gasteiger partial charge in [0, 0.05) is 18.1 Å². The molecule has 1 heterocycles. The van der Waals surface area contributed by atoms with E-state index in [1.807, 2.05) is 12.1 Å². The number of hydrogen-bond donors (Lipinski definition) is 1. The number of fused-ring (bicyclic) bond motifs is 1. The van der Waals surface area contributed by atoms with Crippen molar-refractivity contribution in [1.29, 1.82) is 0 Å². The van der Waals surface area contributed by atoms with Crippen molar-refractivity contribution in [2.45, 2.75) is 19.4 Å². The minimum absolute atomic E-state index is 0.108. The second kappa shape index (κ2) is 8.49. The number of carbonyl (C=O) groups is 2. The van der Waals surface area contributed by atoms with Gasteiger partial charge in [0.25, 0.3) is 0 Å². The molecule has 0 bridgehead atoms.